The number of aromatic nitrogens is 2. The highest BCUT2D eigenvalue weighted by molar-refractivity contribution is 6.35. The molecule has 0 aliphatic heterocycles. The van der Waals surface area contributed by atoms with E-state index in [9.17, 15) is 13.2 Å². The lowest BCUT2D eigenvalue weighted by Gasteiger charge is -2.10. The molecule has 0 aliphatic rings. The average molecular weight is 331 g/mol. The van der Waals surface area contributed by atoms with E-state index in [1.807, 2.05) is 0 Å². The van der Waals surface area contributed by atoms with Gasteiger partial charge in [-0.3, -0.25) is 4.57 Å². The molecule has 0 atom stereocenters. The molecule has 0 bridgehead atoms. The van der Waals surface area contributed by atoms with Crippen LogP contribution in [-0.4, -0.2) is 9.55 Å². The molecule has 0 radical (unpaired) electrons. The summed E-state index contributed by atoms with van der Waals surface area (Å²) in [5.74, 6) is -3.86. The molecule has 3 aromatic rings. The molecule has 0 unspecified atom stereocenters. The number of fused-ring (bicyclic) bond motifs is 1. The Morgan fingerprint density at radius 3 is 2.52 bits per heavy atom. The van der Waals surface area contributed by atoms with Gasteiger partial charge in [0, 0.05) is 0 Å². The van der Waals surface area contributed by atoms with Crippen LogP contribution in [0.1, 0.15) is 5.82 Å². The minimum absolute atomic E-state index is 0.0382. The summed E-state index contributed by atoms with van der Waals surface area (Å²) in [4.78, 5) is 4.22. The lowest BCUT2D eigenvalue weighted by molar-refractivity contribution is 0.444. The second kappa shape index (κ2) is 5.24. The maximum absolute atomic E-state index is 14.0. The summed E-state index contributed by atoms with van der Waals surface area (Å²) in [7, 11) is 0. The maximum atomic E-state index is 14.0. The molecule has 21 heavy (non-hydrogen) atoms. The van der Waals surface area contributed by atoms with E-state index in [-0.39, 0.29) is 17.4 Å². The van der Waals surface area contributed by atoms with Crippen LogP contribution >= 0.6 is 23.2 Å². The maximum Gasteiger partial charge on any atom is 0.196 e. The number of halogens is 5. The highest BCUT2D eigenvalue weighted by atomic mass is 35.5. The highest BCUT2D eigenvalue weighted by Gasteiger charge is 2.20. The SMILES string of the molecule is Fc1ccc(-n2c(CCl)nc3c(Cl)cccc32)c(F)c1F. The Hall–Kier alpha value is -1.72. The zero-order valence-electron chi connectivity index (χ0n) is 10.4. The molecule has 0 N–H and O–H groups in total. The number of hydrogen-bond donors (Lipinski definition) is 0. The first kappa shape index (κ1) is 14.2. The Balaban J connectivity index is 2.40. The van der Waals surface area contributed by atoms with E-state index in [0.717, 1.165) is 12.1 Å². The van der Waals surface area contributed by atoms with Crippen LogP contribution in [0.2, 0.25) is 5.02 Å². The summed E-state index contributed by atoms with van der Waals surface area (Å²) < 4.78 is 41.9. The van der Waals surface area contributed by atoms with Crippen LogP contribution in [0.3, 0.4) is 0 Å². The summed E-state index contributed by atoms with van der Waals surface area (Å²) in [6, 6.07) is 6.90. The molecule has 7 heteroatoms. The fourth-order valence-electron chi connectivity index (χ4n) is 2.16. The molecular formula is C14H7Cl2F3N2. The quantitative estimate of drug-likeness (QED) is 0.486. The van der Waals surface area contributed by atoms with Gasteiger partial charge in [0.05, 0.1) is 22.1 Å². The Kier molecular flexibility index (Phi) is 3.55. The zero-order valence-corrected chi connectivity index (χ0v) is 11.9. The first-order chi connectivity index (χ1) is 10.0. The van der Waals surface area contributed by atoms with E-state index in [1.165, 1.54) is 4.57 Å². The minimum atomic E-state index is -1.54. The molecule has 1 heterocycles. The fourth-order valence-corrected chi connectivity index (χ4v) is 2.55. The molecule has 0 fully saturated rings. The lowest BCUT2D eigenvalue weighted by atomic mass is 10.2. The van der Waals surface area contributed by atoms with Crippen molar-refractivity contribution in [1.29, 1.82) is 0 Å². The third-order valence-corrected chi connectivity index (χ3v) is 3.62. The summed E-state index contributed by atoms with van der Waals surface area (Å²) in [6.45, 7) is 0. The van der Waals surface area contributed by atoms with Crippen LogP contribution in [0.4, 0.5) is 13.2 Å². The predicted octanol–water partition coefficient (Wildman–Crippen LogP) is 4.84. The first-order valence-electron chi connectivity index (χ1n) is 5.90. The van der Waals surface area contributed by atoms with Crippen molar-refractivity contribution in [1.82, 2.24) is 9.55 Å². The van der Waals surface area contributed by atoms with Gasteiger partial charge in [-0.2, -0.15) is 0 Å². The number of rotatable bonds is 2. The molecule has 2 aromatic carbocycles. The normalized spacial score (nSPS) is 11.3. The average Bonchev–Trinajstić information content (AvgIpc) is 2.85. The van der Waals surface area contributed by atoms with E-state index in [4.69, 9.17) is 23.2 Å². The number of nitrogens with zero attached hydrogens (tertiary/aromatic N) is 2. The molecule has 1 aromatic heterocycles. The van der Waals surface area contributed by atoms with Crippen LogP contribution < -0.4 is 0 Å². The molecule has 2 nitrogen and oxygen atoms in total. The Morgan fingerprint density at radius 1 is 1.05 bits per heavy atom. The highest BCUT2D eigenvalue weighted by Crippen LogP contribution is 2.29. The molecule has 0 saturated carbocycles. The third-order valence-electron chi connectivity index (χ3n) is 3.08. The summed E-state index contributed by atoms with van der Waals surface area (Å²) in [5.41, 5.74) is 0.705. The van der Waals surface area contributed by atoms with Crippen molar-refractivity contribution in [2.45, 2.75) is 5.88 Å². The Labute approximate surface area is 127 Å². The largest absolute Gasteiger partial charge is 0.292 e. The standard InChI is InChI=1S/C14H7Cl2F3N2/c15-6-11-20-14-7(16)2-1-3-10(14)21(11)9-5-4-8(17)12(18)13(9)19/h1-5H,6H2. The van der Waals surface area contributed by atoms with Gasteiger partial charge in [-0.15, -0.1) is 11.6 Å². The van der Waals surface area contributed by atoms with Gasteiger partial charge in [-0.05, 0) is 24.3 Å². The smallest absolute Gasteiger partial charge is 0.196 e. The number of imidazole rings is 1. The predicted molar refractivity (Wildman–Crippen MR) is 75.5 cm³/mol. The summed E-state index contributed by atoms with van der Waals surface area (Å²) in [6.07, 6.45) is 0. The van der Waals surface area contributed by atoms with Gasteiger partial charge in [0.15, 0.2) is 17.5 Å². The van der Waals surface area contributed by atoms with Gasteiger partial charge in [0.25, 0.3) is 0 Å². The van der Waals surface area contributed by atoms with Crippen LogP contribution in [0.5, 0.6) is 0 Å². The molecule has 0 saturated heterocycles. The minimum Gasteiger partial charge on any atom is -0.292 e. The van der Waals surface area contributed by atoms with E-state index < -0.39 is 17.5 Å². The zero-order chi connectivity index (χ0) is 15.1. The Morgan fingerprint density at radius 2 is 1.81 bits per heavy atom. The third kappa shape index (κ3) is 2.17. The van der Waals surface area contributed by atoms with Gasteiger partial charge in [0.2, 0.25) is 0 Å². The number of para-hydroxylation sites is 1. The summed E-state index contributed by atoms with van der Waals surface area (Å²) in [5, 5.41) is 0.362. The fraction of sp³-hybridized carbons (Fsp3) is 0.0714. The lowest BCUT2D eigenvalue weighted by Crippen LogP contribution is -2.05. The number of benzene rings is 2. The van der Waals surface area contributed by atoms with Gasteiger partial charge >= 0.3 is 0 Å². The van der Waals surface area contributed by atoms with E-state index in [1.54, 1.807) is 18.2 Å². The Bertz CT molecular complexity index is 846. The van der Waals surface area contributed by atoms with Gasteiger partial charge in [-0.25, -0.2) is 18.2 Å². The van der Waals surface area contributed by atoms with Gasteiger partial charge in [0.1, 0.15) is 11.3 Å². The molecular weight excluding hydrogens is 324 g/mol. The van der Waals surface area contributed by atoms with Crippen LogP contribution in [0, 0.1) is 17.5 Å². The second-order valence-electron chi connectivity index (χ2n) is 4.30. The molecule has 0 amide bonds. The van der Waals surface area contributed by atoms with Crippen molar-refractivity contribution in [3.8, 4) is 5.69 Å². The van der Waals surface area contributed by atoms with Crippen molar-refractivity contribution in [3.63, 3.8) is 0 Å². The van der Waals surface area contributed by atoms with E-state index in [2.05, 4.69) is 4.98 Å². The molecule has 0 spiro atoms. The molecule has 108 valence electrons. The van der Waals surface area contributed by atoms with E-state index >= 15 is 0 Å². The van der Waals surface area contributed by atoms with Crippen LogP contribution in [0.25, 0.3) is 16.7 Å². The van der Waals surface area contributed by atoms with Crippen LogP contribution in [-0.2, 0) is 5.88 Å². The topological polar surface area (TPSA) is 17.8 Å². The van der Waals surface area contributed by atoms with Crippen molar-refractivity contribution in [2.75, 3.05) is 0 Å². The van der Waals surface area contributed by atoms with E-state index in [0.29, 0.717) is 16.1 Å². The van der Waals surface area contributed by atoms with Crippen LogP contribution in [0.15, 0.2) is 30.3 Å². The first-order valence-corrected chi connectivity index (χ1v) is 6.81. The van der Waals surface area contributed by atoms with Crippen molar-refractivity contribution >= 4 is 34.2 Å². The monoisotopic (exact) mass is 330 g/mol. The number of hydrogen-bond acceptors (Lipinski definition) is 1. The van der Waals surface area contributed by atoms with Crippen molar-refractivity contribution in [3.05, 3.63) is 58.6 Å². The molecule has 3 rings (SSSR count). The summed E-state index contributed by atoms with van der Waals surface area (Å²) >= 11 is 11.8. The molecule has 0 aliphatic carbocycles. The van der Waals surface area contributed by atoms with Crippen molar-refractivity contribution < 1.29 is 13.2 Å². The van der Waals surface area contributed by atoms with Gasteiger partial charge < -0.3 is 0 Å². The van der Waals surface area contributed by atoms with Crippen molar-refractivity contribution in [2.24, 2.45) is 0 Å². The second-order valence-corrected chi connectivity index (χ2v) is 4.97. The van der Waals surface area contributed by atoms with Gasteiger partial charge in [-0.1, -0.05) is 17.7 Å². The number of alkyl halides is 1.